The lowest BCUT2D eigenvalue weighted by atomic mass is 10.2. The maximum atomic E-state index is 12.5. The van der Waals surface area contributed by atoms with E-state index in [-0.39, 0.29) is 18.0 Å². The number of aromatic amines is 1. The van der Waals surface area contributed by atoms with Crippen molar-refractivity contribution in [1.29, 1.82) is 0 Å². The number of nitrogens with zero attached hydrogens (tertiary/aromatic N) is 2. The van der Waals surface area contributed by atoms with E-state index in [0.717, 1.165) is 10.6 Å². The highest BCUT2D eigenvalue weighted by atomic mass is 35.5. The van der Waals surface area contributed by atoms with Gasteiger partial charge in [-0.25, -0.2) is 0 Å². The Morgan fingerprint density at radius 1 is 1.06 bits per heavy atom. The van der Waals surface area contributed by atoms with E-state index in [1.54, 1.807) is 11.0 Å². The largest absolute Gasteiger partial charge is 0.368 e. The average Bonchev–Trinajstić information content (AvgIpc) is 3.32. The van der Waals surface area contributed by atoms with Crippen LogP contribution in [0.2, 0.25) is 5.02 Å². The van der Waals surface area contributed by atoms with Crippen molar-refractivity contribution in [2.45, 2.75) is 0 Å². The number of hydrogen-bond acceptors (Lipinski definition) is 5. The van der Waals surface area contributed by atoms with Crippen molar-refractivity contribution in [2.75, 3.05) is 37.6 Å². The Hall–Kier alpha value is -3.10. The van der Waals surface area contributed by atoms with Crippen LogP contribution in [0.25, 0.3) is 10.6 Å². The second-order valence-corrected chi connectivity index (χ2v) is 8.51. The zero-order valence-corrected chi connectivity index (χ0v) is 18.2. The fraction of sp³-hybridized carbons (Fsp3) is 0.227. The highest BCUT2D eigenvalue weighted by Crippen LogP contribution is 2.22. The van der Waals surface area contributed by atoms with Gasteiger partial charge < -0.3 is 20.1 Å². The molecule has 1 aliphatic rings. The van der Waals surface area contributed by atoms with Gasteiger partial charge in [0.25, 0.3) is 11.5 Å². The summed E-state index contributed by atoms with van der Waals surface area (Å²) in [5, 5.41) is 5.15. The first kappa shape index (κ1) is 21.1. The first-order valence-electron chi connectivity index (χ1n) is 9.85. The second kappa shape index (κ2) is 9.36. The lowest BCUT2D eigenvalue weighted by Crippen LogP contribution is -2.51. The minimum Gasteiger partial charge on any atom is -0.368 e. The first-order chi connectivity index (χ1) is 15.0. The number of piperazine rings is 1. The van der Waals surface area contributed by atoms with Crippen molar-refractivity contribution in [3.8, 4) is 10.6 Å². The molecular weight excluding hydrogens is 436 g/mol. The van der Waals surface area contributed by atoms with Crippen LogP contribution in [0, 0.1) is 0 Å². The molecule has 2 N–H and O–H groups in total. The predicted molar refractivity (Wildman–Crippen MR) is 123 cm³/mol. The zero-order valence-electron chi connectivity index (χ0n) is 16.6. The van der Waals surface area contributed by atoms with Crippen molar-refractivity contribution >= 4 is 40.4 Å². The minimum atomic E-state index is -0.565. The molecule has 4 rings (SSSR count). The Labute approximate surface area is 188 Å². The van der Waals surface area contributed by atoms with Crippen LogP contribution in [0.1, 0.15) is 10.4 Å². The Morgan fingerprint density at radius 3 is 2.55 bits per heavy atom. The molecule has 2 amide bonds. The number of anilines is 1. The number of nitrogens with one attached hydrogen (secondary N) is 2. The highest BCUT2D eigenvalue weighted by molar-refractivity contribution is 7.13. The standard InChI is InChI=1S/C22H21ClN4O3S/c23-15-3-1-4-16(13-15)26-8-10-27(11-9-26)20(28)14-24-21(29)17-6-7-18(25-22(17)30)19-5-2-12-31-19/h1-7,12-13H,8-11,14H2,(H,24,29)(H,25,30). The summed E-state index contributed by atoms with van der Waals surface area (Å²) in [6.45, 7) is 2.32. The number of carbonyl (C=O) groups excluding carboxylic acids is 2. The van der Waals surface area contributed by atoms with Crippen LogP contribution in [0.5, 0.6) is 0 Å². The average molecular weight is 457 g/mol. The van der Waals surface area contributed by atoms with Gasteiger partial charge in [0.2, 0.25) is 5.91 Å². The van der Waals surface area contributed by atoms with Crippen LogP contribution in [0.3, 0.4) is 0 Å². The van der Waals surface area contributed by atoms with Gasteiger partial charge in [-0.05, 0) is 41.8 Å². The van der Waals surface area contributed by atoms with Crippen LogP contribution < -0.4 is 15.8 Å². The minimum absolute atomic E-state index is 0.0149. The molecule has 0 bridgehead atoms. The quantitative estimate of drug-likeness (QED) is 0.618. The topological polar surface area (TPSA) is 85.5 Å². The zero-order chi connectivity index (χ0) is 21.8. The SMILES string of the molecule is O=C(NCC(=O)N1CCN(c2cccc(Cl)c2)CC1)c1ccc(-c2cccs2)[nH]c1=O. The van der Waals surface area contributed by atoms with E-state index in [9.17, 15) is 14.4 Å². The third-order valence-electron chi connectivity index (χ3n) is 5.15. The third-order valence-corrected chi connectivity index (χ3v) is 6.28. The summed E-state index contributed by atoms with van der Waals surface area (Å²) < 4.78 is 0. The molecule has 3 aromatic rings. The Morgan fingerprint density at radius 2 is 1.87 bits per heavy atom. The maximum Gasteiger partial charge on any atom is 0.261 e. The highest BCUT2D eigenvalue weighted by Gasteiger charge is 2.22. The second-order valence-electron chi connectivity index (χ2n) is 7.12. The van der Waals surface area contributed by atoms with Crippen LogP contribution in [-0.2, 0) is 4.79 Å². The van der Waals surface area contributed by atoms with Crippen LogP contribution in [-0.4, -0.2) is 54.4 Å². The molecule has 0 unspecified atom stereocenters. The molecule has 1 aliphatic heterocycles. The molecule has 0 radical (unpaired) electrons. The van der Waals surface area contributed by atoms with E-state index in [0.29, 0.717) is 36.9 Å². The fourth-order valence-corrected chi connectivity index (χ4v) is 4.37. The number of carbonyl (C=O) groups is 2. The molecule has 0 saturated carbocycles. The summed E-state index contributed by atoms with van der Waals surface area (Å²) in [5.41, 5.74) is 1.19. The monoisotopic (exact) mass is 456 g/mol. The van der Waals surface area contributed by atoms with E-state index in [4.69, 9.17) is 11.6 Å². The fourth-order valence-electron chi connectivity index (χ4n) is 3.48. The van der Waals surface area contributed by atoms with E-state index in [1.165, 1.54) is 17.4 Å². The van der Waals surface area contributed by atoms with E-state index >= 15 is 0 Å². The molecule has 0 aliphatic carbocycles. The van der Waals surface area contributed by atoms with Gasteiger partial charge in [0.15, 0.2) is 0 Å². The number of amides is 2. The molecule has 2 aromatic heterocycles. The van der Waals surface area contributed by atoms with Gasteiger partial charge in [-0.2, -0.15) is 0 Å². The summed E-state index contributed by atoms with van der Waals surface area (Å²) in [7, 11) is 0. The normalized spacial score (nSPS) is 13.8. The third kappa shape index (κ3) is 4.98. The maximum absolute atomic E-state index is 12.5. The first-order valence-corrected chi connectivity index (χ1v) is 11.1. The van der Waals surface area contributed by atoms with E-state index < -0.39 is 11.5 Å². The lowest BCUT2D eigenvalue weighted by molar-refractivity contribution is -0.130. The molecule has 1 aromatic carbocycles. The molecule has 7 nitrogen and oxygen atoms in total. The van der Waals surface area contributed by atoms with Crippen molar-refractivity contribution in [3.05, 3.63) is 74.9 Å². The molecule has 9 heteroatoms. The van der Waals surface area contributed by atoms with Gasteiger partial charge in [-0.1, -0.05) is 23.7 Å². The van der Waals surface area contributed by atoms with Gasteiger partial charge >= 0.3 is 0 Å². The van der Waals surface area contributed by atoms with Crippen molar-refractivity contribution < 1.29 is 9.59 Å². The van der Waals surface area contributed by atoms with Gasteiger partial charge in [-0.15, -0.1) is 11.3 Å². The number of halogens is 1. The number of hydrogen-bond donors (Lipinski definition) is 2. The van der Waals surface area contributed by atoms with Crippen molar-refractivity contribution in [2.24, 2.45) is 0 Å². The lowest BCUT2D eigenvalue weighted by Gasteiger charge is -2.36. The Balaban J connectivity index is 1.30. The molecule has 0 spiro atoms. The summed E-state index contributed by atoms with van der Waals surface area (Å²) in [6.07, 6.45) is 0. The number of aromatic nitrogens is 1. The smallest absolute Gasteiger partial charge is 0.261 e. The predicted octanol–water partition coefficient (Wildman–Crippen LogP) is 2.84. The molecule has 160 valence electrons. The van der Waals surface area contributed by atoms with Gasteiger partial charge in [-0.3, -0.25) is 14.4 Å². The molecule has 3 heterocycles. The molecule has 31 heavy (non-hydrogen) atoms. The summed E-state index contributed by atoms with van der Waals surface area (Å²) in [6, 6.07) is 14.6. The van der Waals surface area contributed by atoms with Gasteiger partial charge in [0, 0.05) is 36.9 Å². The van der Waals surface area contributed by atoms with Crippen LogP contribution >= 0.6 is 22.9 Å². The van der Waals surface area contributed by atoms with Crippen LogP contribution in [0.4, 0.5) is 5.69 Å². The van der Waals surface area contributed by atoms with Gasteiger partial charge in [0.1, 0.15) is 5.56 Å². The van der Waals surface area contributed by atoms with Crippen molar-refractivity contribution in [1.82, 2.24) is 15.2 Å². The number of rotatable bonds is 5. The summed E-state index contributed by atoms with van der Waals surface area (Å²) in [4.78, 5) is 44.7. The molecule has 1 fully saturated rings. The number of benzene rings is 1. The summed E-state index contributed by atoms with van der Waals surface area (Å²) in [5.74, 6) is -0.740. The molecular formula is C22H21ClN4O3S. The Kier molecular flexibility index (Phi) is 6.39. The summed E-state index contributed by atoms with van der Waals surface area (Å²) >= 11 is 7.55. The molecule has 0 atom stereocenters. The van der Waals surface area contributed by atoms with E-state index in [1.807, 2.05) is 41.8 Å². The van der Waals surface area contributed by atoms with E-state index in [2.05, 4.69) is 15.2 Å². The number of pyridine rings is 1. The van der Waals surface area contributed by atoms with Crippen LogP contribution in [0.15, 0.2) is 58.7 Å². The number of thiophene rings is 1. The Bertz CT molecular complexity index is 1140. The van der Waals surface area contributed by atoms with Gasteiger partial charge in [0.05, 0.1) is 17.1 Å². The van der Waals surface area contributed by atoms with Crippen molar-refractivity contribution in [3.63, 3.8) is 0 Å². The molecule has 1 saturated heterocycles. The number of H-pyrrole nitrogens is 1.